The van der Waals surface area contributed by atoms with Crippen LogP contribution in [0, 0.1) is 0 Å². The van der Waals surface area contributed by atoms with Gasteiger partial charge in [-0.3, -0.25) is 4.79 Å². The minimum atomic E-state index is 0.124. The number of hydrogen-bond donors (Lipinski definition) is 0. The molecule has 0 saturated heterocycles. The number of alkyl halides is 1. The third-order valence-corrected chi connectivity index (χ3v) is 2.91. The molecule has 2 rings (SSSR count). The summed E-state index contributed by atoms with van der Waals surface area (Å²) in [4.78, 5) is 11.5. The van der Waals surface area contributed by atoms with Crippen LogP contribution in [0.25, 0.3) is 12.2 Å². The molecular weight excluding hydrogens is 252 g/mol. The van der Waals surface area contributed by atoms with Crippen molar-refractivity contribution in [3.8, 4) is 0 Å². The predicted octanol–water partition coefficient (Wildman–Crippen LogP) is 3.69. The van der Waals surface area contributed by atoms with E-state index < -0.39 is 0 Å². The third-order valence-electron chi connectivity index (χ3n) is 2.40. The Morgan fingerprint density at radius 2 is 1.93 bits per heavy atom. The van der Waals surface area contributed by atoms with Crippen molar-refractivity contribution in [3.63, 3.8) is 0 Å². The lowest BCUT2D eigenvalue weighted by Crippen LogP contribution is -2.00. The van der Waals surface area contributed by atoms with Gasteiger partial charge >= 0.3 is 0 Å². The summed E-state index contributed by atoms with van der Waals surface area (Å²) in [6.45, 7) is 0. The molecule has 0 fully saturated rings. The second kappa shape index (κ2) is 4.58. The molecule has 0 bridgehead atoms. The maximum absolute atomic E-state index is 11.5. The second-order valence-corrected chi connectivity index (χ2v) is 4.00. The topological polar surface area (TPSA) is 17.1 Å². The molecule has 15 heavy (non-hydrogen) atoms. The van der Waals surface area contributed by atoms with E-state index in [0.717, 1.165) is 17.5 Å². The normalized spacial score (nSPS) is 13.4. The van der Waals surface area contributed by atoms with Gasteiger partial charge in [-0.25, -0.2) is 0 Å². The van der Waals surface area contributed by atoms with Crippen molar-refractivity contribution in [3.05, 3.63) is 47.0 Å². The first-order valence-corrected chi connectivity index (χ1v) is 5.99. The number of allylic oxidation sites excluding steroid dienone is 2. The average molecular weight is 263 g/mol. The fourth-order valence-corrected chi connectivity index (χ4v) is 1.91. The van der Waals surface area contributed by atoms with Crippen molar-refractivity contribution in [1.29, 1.82) is 0 Å². The van der Waals surface area contributed by atoms with Crippen LogP contribution in [-0.2, 0) is 0 Å². The van der Waals surface area contributed by atoms with E-state index in [9.17, 15) is 4.79 Å². The van der Waals surface area contributed by atoms with E-state index in [2.05, 4.69) is 40.2 Å². The highest BCUT2D eigenvalue weighted by atomic mass is 79.9. The highest BCUT2D eigenvalue weighted by molar-refractivity contribution is 9.09. The molecule has 0 atom stereocenters. The van der Waals surface area contributed by atoms with Gasteiger partial charge in [0.1, 0.15) is 0 Å². The van der Waals surface area contributed by atoms with E-state index in [-0.39, 0.29) is 5.78 Å². The van der Waals surface area contributed by atoms with Crippen LogP contribution in [0.3, 0.4) is 0 Å². The molecular formula is C13H11BrO. The van der Waals surface area contributed by atoms with Gasteiger partial charge in [0, 0.05) is 5.56 Å². The summed E-state index contributed by atoms with van der Waals surface area (Å²) in [7, 11) is 0. The van der Waals surface area contributed by atoms with Gasteiger partial charge in [0.25, 0.3) is 0 Å². The molecule has 0 spiro atoms. The quantitative estimate of drug-likeness (QED) is 0.587. The fourth-order valence-electron chi connectivity index (χ4n) is 1.59. The molecule has 1 aromatic carbocycles. The lowest BCUT2D eigenvalue weighted by Gasteiger charge is -2.03. The highest BCUT2D eigenvalue weighted by Crippen LogP contribution is 2.19. The number of halogens is 1. The Balaban J connectivity index is 2.45. The van der Waals surface area contributed by atoms with Gasteiger partial charge < -0.3 is 0 Å². The van der Waals surface area contributed by atoms with E-state index in [1.54, 1.807) is 0 Å². The highest BCUT2D eigenvalue weighted by Gasteiger charge is 2.06. The first-order chi connectivity index (χ1) is 7.31. The summed E-state index contributed by atoms with van der Waals surface area (Å²) in [5, 5.41) is 0.380. The average Bonchev–Trinajstić information content (AvgIpc) is 2.51. The lowest BCUT2D eigenvalue weighted by atomic mass is 10.0. The van der Waals surface area contributed by atoms with Crippen LogP contribution in [0.1, 0.15) is 27.9 Å². The third kappa shape index (κ3) is 2.26. The van der Waals surface area contributed by atoms with Crippen molar-refractivity contribution in [1.82, 2.24) is 0 Å². The van der Waals surface area contributed by atoms with Gasteiger partial charge in [-0.1, -0.05) is 52.4 Å². The Morgan fingerprint density at radius 3 is 2.67 bits per heavy atom. The minimum absolute atomic E-state index is 0.124. The molecule has 2 heteroatoms. The Morgan fingerprint density at radius 1 is 1.20 bits per heavy atom. The summed E-state index contributed by atoms with van der Waals surface area (Å²) in [6, 6.07) is 5.83. The van der Waals surface area contributed by atoms with E-state index in [0.29, 0.717) is 5.33 Å². The number of fused-ring (bicyclic) bond motifs is 1. The van der Waals surface area contributed by atoms with E-state index in [1.165, 1.54) is 5.56 Å². The zero-order valence-electron chi connectivity index (χ0n) is 8.24. The van der Waals surface area contributed by atoms with Gasteiger partial charge in [0.15, 0.2) is 5.78 Å². The predicted molar refractivity (Wildman–Crippen MR) is 67.3 cm³/mol. The van der Waals surface area contributed by atoms with Crippen molar-refractivity contribution < 1.29 is 4.79 Å². The molecule has 0 aromatic heterocycles. The standard InChI is InChI=1S/C13H11BrO/c14-9-13(15)12-7-6-10-4-2-1-3-5-11(10)8-12/h2-8H,1,9H2. The zero-order chi connectivity index (χ0) is 10.7. The molecule has 1 aliphatic carbocycles. The molecule has 76 valence electrons. The molecule has 1 nitrogen and oxygen atoms in total. The van der Waals surface area contributed by atoms with Crippen LogP contribution in [0.2, 0.25) is 0 Å². The number of rotatable bonds is 2. The van der Waals surface area contributed by atoms with E-state index >= 15 is 0 Å². The Kier molecular flexibility index (Phi) is 3.17. The SMILES string of the molecule is O=C(CBr)c1ccc2c(c1)C=CCC=C2. The zero-order valence-corrected chi connectivity index (χ0v) is 9.83. The Labute approximate surface area is 97.6 Å². The van der Waals surface area contributed by atoms with E-state index in [4.69, 9.17) is 0 Å². The number of carbonyl (C=O) groups excluding carboxylic acids is 1. The molecule has 0 heterocycles. The summed E-state index contributed by atoms with van der Waals surface area (Å²) in [6.07, 6.45) is 9.34. The van der Waals surface area contributed by atoms with E-state index in [1.807, 2.05) is 18.2 Å². The van der Waals surface area contributed by atoms with Crippen LogP contribution < -0.4 is 0 Å². The van der Waals surface area contributed by atoms with Crippen LogP contribution >= 0.6 is 15.9 Å². The van der Waals surface area contributed by atoms with Crippen molar-refractivity contribution in [2.24, 2.45) is 0 Å². The van der Waals surface area contributed by atoms with Crippen LogP contribution in [0.4, 0.5) is 0 Å². The Hall–Kier alpha value is -1.15. The smallest absolute Gasteiger partial charge is 0.173 e. The molecule has 0 amide bonds. The minimum Gasteiger partial charge on any atom is -0.293 e. The maximum atomic E-state index is 11.5. The van der Waals surface area contributed by atoms with Crippen LogP contribution in [0.15, 0.2) is 30.4 Å². The van der Waals surface area contributed by atoms with Gasteiger partial charge in [-0.15, -0.1) is 0 Å². The Bertz CT molecular complexity index is 444. The second-order valence-electron chi connectivity index (χ2n) is 3.44. The molecule has 0 unspecified atom stereocenters. The van der Waals surface area contributed by atoms with Gasteiger partial charge in [-0.2, -0.15) is 0 Å². The molecule has 0 radical (unpaired) electrons. The summed E-state index contributed by atoms with van der Waals surface area (Å²) >= 11 is 3.18. The maximum Gasteiger partial charge on any atom is 0.173 e. The fraction of sp³-hybridized carbons (Fsp3) is 0.154. The number of benzene rings is 1. The number of carbonyl (C=O) groups is 1. The summed E-state index contributed by atoms with van der Waals surface area (Å²) < 4.78 is 0. The molecule has 0 aliphatic heterocycles. The van der Waals surface area contributed by atoms with Gasteiger partial charge in [0.2, 0.25) is 0 Å². The number of Topliss-reactive ketones (excluding diaryl/α,β-unsaturated/α-hetero) is 1. The molecule has 1 aliphatic rings. The monoisotopic (exact) mass is 262 g/mol. The van der Waals surface area contributed by atoms with Crippen molar-refractivity contribution in [2.45, 2.75) is 6.42 Å². The van der Waals surface area contributed by atoms with Crippen molar-refractivity contribution in [2.75, 3.05) is 5.33 Å². The lowest BCUT2D eigenvalue weighted by molar-refractivity contribution is 0.102. The van der Waals surface area contributed by atoms with Gasteiger partial charge in [0.05, 0.1) is 5.33 Å². The first kappa shape index (κ1) is 10.4. The molecule has 1 aromatic rings. The largest absolute Gasteiger partial charge is 0.293 e. The number of hydrogen-bond acceptors (Lipinski definition) is 1. The van der Waals surface area contributed by atoms with Crippen molar-refractivity contribution >= 4 is 33.9 Å². The number of ketones is 1. The van der Waals surface area contributed by atoms with Gasteiger partial charge in [-0.05, 0) is 23.6 Å². The molecule has 0 saturated carbocycles. The first-order valence-electron chi connectivity index (χ1n) is 4.87. The van der Waals surface area contributed by atoms with Crippen LogP contribution in [-0.4, -0.2) is 11.1 Å². The summed E-state index contributed by atoms with van der Waals surface area (Å²) in [5.74, 6) is 0.124. The van der Waals surface area contributed by atoms with Crippen LogP contribution in [0.5, 0.6) is 0 Å². The summed E-state index contributed by atoms with van der Waals surface area (Å²) in [5.41, 5.74) is 3.07. The molecule has 0 N–H and O–H groups in total.